The summed E-state index contributed by atoms with van der Waals surface area (Å²) in [6.45, 7) is 0. The lowest BCUT2D eigenvalue weighted by atomic mass is 10.1. The zero-order valence-electron chi connectivity index (χ0n) is 14.6. The highest BCUT2D eigenvalue weighted by Gasteiger charge is 2.11. The molecule has 1 aromatic heterocycles. The van der Waals surface area contributed by atoms with Crippen molar-refractivity contribution in [1.29, 1.82) is 0 Å². The molecule has 8 nitrogen and oxygen atoms in total. The number of hydrogen-bond donors (Lipinski definition) is 3. The molecule has 9 heteroatoms. The number of ether oxygens (including phenoxy) is 1. The number of aromatic hydroxyl groups is 1. The summed E-state index contributed by atoms with van der Waals surface area (Å²) >= 11 is 5.90. The number of amides is 1. The van der Waals surface area contributed by atoms with Crippen LogP contribution in [0.1, 0.15) is 16.1 Å². The third kappa shape index (κ3) is 4.36. The number of benzene rings is 2. The van der Waals surface area contributed by atoms with Crippen LogP contribution >= 0.6 is 11.6 Å². The predicted octanol–water partition coefficient (Wildman–Crippen LogP) is 2.57. The Morgan fingerprint density at radius 1 is 1.29 bits per heavy atom. The molecule has 0 saturated carbocycles. The van der Waals surface area contributed by atoms with Gasteiger partial charge in [-0.3, -0.25) is 4.79 Å². The third-order valence-corrected chi connectivity index (χ3v) is 4.00. The van der Waals surface area contributed by atoms with E-state index < -0.39 is 11.6 Å². The quantitative estimate of drug-likeness (QED) is 0.451. The zero-order valence-corrected chi connectivity index (χ0v) is 15.4. The van der Waals surface area contributed by atoms with E-state index in [2.05, 4.69) is 20.5 Å². The van der Waals surface area contributed by atoms with Crippen LogP contribution in [-0.4, -0.2) is 34.3 Å². The molecule has 0 aliphatic carbocycles. The van der Waals surface area contributed by atoms with Gasteiger partial charge in [-0.15, -0.1) is 0 Å². The molecule has 2 aromatic carbocycles. The van der Waals surface area contributed by atoms with Crippen molar-refractivity contribution in [2.75, 3.05) is 7.11 Å². The monoisotopic (exact) mass is 398 g/mol. The van der Waals surface area contributed by atoms with Crippen LogP contribution in [0.2, 0.25) is 5.02 Å². The average Bonchev–Trinajstić information content (AvgIpc) is 2.70. The second-order valence-electron chi connectivity index (χ2n) is 5.60. The molecule has 0 atom stereocenters. The molecule has 28 heavy (non-hydrogen) atoms. The first-order valence-electron chi connectivity index (χ1n) is 8.04. The summed E-state index contributed by atoms with van der Waals surface area (Å²) in [4.78, 5) is 30.3. The molecule has 3 aromatic rings. The number of rotatable bonds is 5. The normalized spacial score (nSPS) is 10.8. The Kier molecular flexibility index (Phi) is 5.71. The Morgan fingerprint density at radius 2 is 2.04 bits per heavy atom. The van der Waals surface area contributed by atoms with Gasteiger partial charge in [0.2, 0.25) is 0 Å². The van der Waals surface area contributed by atoms with Gasteiger partial charge in [-0.2, -0.15) is 10.1 Å². The van der Waals surface area contributed by atoms with Crippen molar-refractivity contribution in [1.82, 2.24) is 15.4 Å². The van der Waals surface area contributed by atoms with Crippen LogP contribution in [0.4, 0.5) is 0 Å². The number of H-pyrrole nitrogens is 1. The van der Waals surface area contributed by atoms with Gasteiger partial charge in [0.1, 0.15) is 5.69 Å². The van der Waals surface area contributed by atoms with Crippen molar-refractivity contribution >= 4 is 23.7 Å². The molecule has 3 N–H and O–H groups in total. The van der Waals surface area contributed by atoms with Gasteiger partial charge in [0.15, 0.2) is 11.5 Å². The first-order chi connectivity index (χ1) is 13.5. The first kappa shape index (κ1) is 19.1. The van der Waals surface area contributed by atoms with Crippen LogP contribution in [0.3, 0.4) is 0 Å². The number of halogens is 1. The molecule has 0 aliphatic rings. The minimum absolute atomic E-state index is 0.0114. The summed E-state index contributed by atoms with van der Waals surface area (Å²) in [7, 11) is 1.39. The fraction of sp³-hybridized carbons (Fsp3) is 0.0526. The number of nitrogens with zero attached hydrogens (tertiary/aromatic N) is 2. The van der Waals surface area contributed by atoms with E-state index in [1.165, 1.54) is 31.5 Å². The molecule has 0 fully saturated rings. The number of nitrogens with one attached hydrogen (secondary N) is 2. The molecular formula is C19H15ClN4O4. The van der Waals surface area contributed by atoms with E-state index in [1.807, 2.05) is 6.07 Å². The molecule has 0 aliphatic heterocycles. The lowest BCUT2D eigenvalue weighted by Gasteiger charge is -2.06. The largest absolute Gasteiger partial charge is 0.503 e. The number of phenols is 1. The van der Waals surface area contributed by atoms with E-state index in [-0.39, 0.29) is 22.2 Å². The molecule has 0 spiro atoms. The third-order valence-electron chi connectivity index (χ3n) is 3.71. The number of aromatic nitrogens is 2. The van der Waals surface area contributed by atoms with Crippen molar-refractivity contribution < 1.29 is 14.6 Å². The Hall–Kier alpha value is -3.65. The number of methoxy groups -OCH3 is 1. The van der Waals surface area contributed by atoms with Crippen LogP contribution in [0.25, 0.3) is 11.3 Å². The fourth-order valence-corrected chi connectivity index (χ4v) is 2.61. The Morgan fingerprint density at radius 3 is 2.75 bits per heavy atom. The van der Waals surface area contributed by atoms with E-state index in [4.69, 9.17) is 16.3 Å². The lowest BCUT2D eigenvalue weighted by molar-refractivity contribution is 0.0949. The lowest BCUT2D eigenvalue weighted by Crippen LogP contribution is -2.24. The van der Waals surface area contributed by atoms with Gasteiger partial charge in [-0.1, -0.05) is 41.9 Å². The standard InChI is InChI=1S/C19H15ClN4O4/c1-28-16-8-11(7-13(20)17(16)25)10-21-24-18(26)15-9-14(22-19(27)23-15)12-5-3-2-4-6-12/h2-10,25H,1H3,(H,24,26)(H,22,23,27)/b21-10+. The number of hydrogen-bond acceptors (Lipinski definition) is 6. The summed E-state index contributed by atoms with van der Waals surface area (Å²) in [5.41, 5.74) is 3.24. The van der Waals surface area contributed by atoms with E-state index in [0.717, 1.165) is 0 Å². The summed E-state index contributed by atoms with van der Waals surface area (Å²) in [6, 6.07) is 13.4. The van der Waals surface area contributed by atoms with Crippen molar-refractivity contribution in [2.24, 2.45) is 5.10 Å². The van der Waals surface area contributed by atoms with E-state index in [1.54, 1.807) is 24.3 Å². The smallest absolute Gasteiger partial charge is 0.346 e. The van der Waals surface area contributed by atoms with Gasteiger partial charge >= 0.3 is 5.69 Å². The molecule has 0 radical (unpaired) electrons. The Bertz CT molecular complexity index is 1100. The van der Waals surface area contributed by atoms with Crippen molar-refractivity contribution in [2.45, 2.75) is 0 Å². The number of aromatic amines is 1. The topological polar surface area (TPSA) is 117 Å². The number of carbonyl (C=O) groups excluding carboxylic acids is 1. The highest BCUT2D eigenvalue weighted by atomic mass is 35.5. The van der Waals surface area contributed by atoms with Gasteiger partial charge in [0.05, 0.1) is 24.0 Å². The van der Waals surface area contributed by atoms with Gasteiger partial charge in [0.25, 0.3) is 5.91 Å². The summed E-state index contributed by atoms with van der Waals surface area (Å²) in [5, 5.41) is 13.6. The molecule has 0 saturated heterocycles. The second-order valence-corrected chi connectivity index (χ2v) is 6.01. The van der Waals surface area contributed by atoms with Gasteiger partial charge in [-0.05, 0) is 23.8 Å². The molecule has 0 unspecified atom stereocenters. The molecule has 3 rings (SSSR count). The second kappa shape index (κ2) is 8.36. The Labute approximate surface area is 164 Å². The molecule has 142 valence electrons. The van der Waals surface area contributed by atoms with Crippen LogP contribution in [-0.2, 0) is 0 Å². The van der Waals surface area contributed by atoms with E-state index in [0.29, 0.717) is 16.8 Å². The van der Waals surface area contributed by atoms with Crippen LogP contribution in [0.15, 0.2) is 58.4 Å². The molecular weight excluding hydrogens is 384 g/mol. The summed E-state index contributed by atoms with van der Waals surface area (Å²) in [6.07, 6.45) is 1.32. The van der Waals surface area contributed by atoms with Gasteiger partial charge in [0, 0.05) is 5.56 Å². The minimum atomic E-state index is -0.648. The number of hydrazone groups is 1. The first-order valence-corrected chi connectivity index (χ1v) is 8.42. The van der Waals surface area contributed by atoms with Gasteiger partial charge < -0.3 is 14.8 Å². The van der Waals surface area contributed by atoms with Crippen LogP contribution in [0.5, 0.6) is 11.5 Å². The highest BCUT2D eigenvalue weighted by molar-refractivity contribution is 6.32. The van der Waals surface area contributed by atoms with Crippen molar-refractivity contribution in [3.8, 4) is 22.8 Å². The number of carbonyl (C=O) groups is 1. The number of phenolic OH excluding ortho intramolecular Hbond substituents is 1. The average molecular weight is 399 g/mol. The maximum absolute atomic E-state index is 12.3. The predicted molar refractivity (Wildman–Crippen MR) is 105 cm³/mol. The molecule has 0 bridgehead atoms. The van der Waals surface area contributed by atoms with Crippen LogP contribution in [0, 0.1) is 0 Å². The minimum Gasteiger partial charge on any atom is -0.503 e. The van der Waals surface area contributed by atoms with E-state index in [9.17, 15) is 14.7 Å². The van der Waals surface area contributed by atoms with Crippen molar-refractivity contribution in [3.05, 3.63) is 75.3 Å². The zero-order chi connectivity index (χ0) is 20.1. The maximum atomic E-state index is 12.3. The highest BCUT2D eigenvalue weighted by Crippen LogP contribution is 2.34. The SMILES string of the molecule is COc1cc(/C=N/NC(=O)c2cc(-c3ccccc3)nc(=O)[nH]2)cc(Cl)c1O. The summed E-state index contributed by atoms with van der Waals surface area (Å²) in [5.74, 6) is -0.635. The fourth-order valence-electron chi connectivity index (χ4n) is 2.39. The Balaban J connectivity index is 1.79. The maximum Gasteiger partial charge on any atom is 0.346 e. The van der Waals surface area contributed by atoms with Gasteiger partial charge in [-0.25, -0.2) is 10.2 Å². The molecule has 1 amide bonds. The molecule has 1 heterocycles. The van der Waals surface area contributed by atoms with Crippen molar-refractivity contribution in [3.63, 3.8) is 0 Å². The van der Waals surface area contributed by atoms with Crippen LogP contribution < -0.4 is 15.9 Å². The van der Waals surface area contributed by atoms with E-state index >= 15 is 0 Å². The summed E-state index contributed by atoms with van der Waals surface area (Å²) < 4.78 is 5.00.